The monoisotopic (exact) mass is 357 g/mol. The first kappa shape index (κ1) is 17.0. The van der Waals surface area contributed by atoms with Gasteiger partial charge >= 0.3 is 12.0 Å². The summed E-state index contributed by atoms with van der Waals surface area (Å²) in [6, 6.07) is 3.83. The summed E-state index contributed by atoms with van der Waals surface area (Å²) in [6.45, 7) is 3.41. The fourth-order valence-electron chi connectivity index (χ4n) is 1.52. The molecule has 0 heterocycles. The lowest BCUT2D eigenvalue weighted by molar-refractivity contribution is -0.120. The van der Waals surface area contributed by atoms with Crippen molar-refractivity contribution in [3.63, 3.8) is 0 Å². The molecule has 0 bridgehead atoms. The third-order valence-corrected chi connectivity index (χ3v) is 3.00. The molecule has 1 aromatic rings. The molecule has 0 radical (unpaired) electrons. The van der Waals surface area contributed by atoms with Gasteiger partial charge in [0.2, 0.25) is 5.91 Å². The zero-order chi connectivity index (χ0) is 16.0. The van der Waals surface area contributed by atoms with Crippen LogP contribution in [0.1, 0.15) is 24.2 Å². The molecule has 0 aliphatic carbocycles. The van der Waals surface area contributed by atoms with Gasteiger partial charge in [-0.05, 0) is 41.9 Å². The topological polar surface area (TPSA) is 108 Å². The highest BCUT2D eigenvalue weighted by Crippen LogP contribution is 2.26. The maximum absolute atomic E-state index is 11.7. The van der Waals surface area contributed by atoms with Crippen molar-refractivity contribution in [3.05, 3.63) is 28.2 Å². The van der Waals surface area contributed by atoms with E-state index < -0.39 is 12.0 Å². The molecule has 0 saturated carbocycles. The summed E-state index contributed by atoms with van der Waals surface area (Å²) >= 11 is 3.17. The number of nitrogens with one attached hydrogen (secondary N) is 3. The molecule has 0 fully saturated rings. The molecule has 21 heavy (non-hydrogen) atoms. The minimum Gasteiger partial charge on any atom is -0.478 e. The number of amides is 3. The van der Waals surface area contributed by atoms with Crippen molar-refractivity contribution in [2.75, 3.05) is 11.9 Å². The van der Waals surface area contributed by atoms with Gasteiger partial charge in [-0.1, -0.05) is 6.07 Å². The van der Waals surface area contributed by atoms with Crippen LogP contribution in [-0.2, 0) is 4.79 Å². The highest BCUT2D eigenvalue weighted by atomic mass is 79.9. The van der Waals surface area contributed by atoms with E-state index in [1.165, 1.54) is 6.07 Å². The number of anilines is 1. The molecule has 0 aromatic heterocycles. The Morgan fingerprint density at radius 1 is 1.29 bits per heavy atom. The van der Waals surface area contributed by atoms with Crippen LogP contribution in [0.4, 0.5) is 10.5 Å². The van der Waals surface area contributed by atoms with Gasteiger partial charge in [0, 0.05) is 10.5 Å². The smallest absolute Gasteiger partial charge is 0.337 e. The summed E-state index contributed by atoms with van der Waals surface area (Å²) in [5, 5.41) is 16.4. The van der Waals surface area contributed by atoms with E-state index in [0.717, 1.165) is 0 Å². The Hall–Kier alpha value is -2.09. The van der Waals surface area contributed by atoms with Crippen LogP contribution >= 0.6 is 15.9 Å². The van der Waals surface area contributed by atoms with Crippen LogP contribution in [0.25, 0.3) is 0 Å². The van der Waals surface area contributed by atoms with Gasteiger partial charge in [0.05, 0.1) is 17.8 Å². The molecule has 3 amide bonds. The average Bonchev–Trinajstić information content (AvgIpc) is 2.37. The van der Waals surface area contributed by atoms with Gasteiger partial charge < -0.3 is 21.1 Å². The molecule has 0 aliphatic rings. The van der Waals surface area contributed by atoms with E-state index in [1.807, 2.05) is 0 Å². The zero-order valence-electron chi connectivity index (χ0n) is 11.6. The van der Waals surface area contributed by atoms with Gasteiger partial charge in [-0.2, -0.15) is 0 Å². The molecule has 1 rings (SSSR count). The van der Waals surface area contributed by atoms with Gasteiger partial charge in [-0.3, -0.25) is 4.79 Å². The summed E-state index contributed by atoms with van der Waals surface area (Å²) in [5.74, 6) is -1.49. The van der Waals surface area contributed by atoms with Crippen LogP contribution in [0.2, 0.25) is 0 Å². The van der Waals surface area contributed by atoms with Crippen LogP contribution in [0, 0.1) is 0 Å². The lowest BCUT2D eigenvalue weighted by Gasteiger charge is -2.12. The summed E-state index contributed by atoms with van der Waals surface area (Å²) in [6.07, 6.45) is 0. The fraction of sp³-hybridized carbons (Fsp3) is 0.308. The van der Waals surface area contributed by atoms with E-state index in [9.17, 15) is 14.4 Å². The van der Waals surface area contributed by atoms with Gasteiger partial charge in [-0.15, -0.1) is 0 Å². The fourth-order valence-corrected chi connectivity index (χ4v) is 1.99. The summed E-state index contributed by atoms with van der Waals surface area (Å²) in [5.41, 5.74) is 0.0814. The second kappa shape index (κ2) is 7.63. The molecular weight excluding hydrogens is 342 g/mol. The number of para-hydroxylation sites is 1. The van der Waals surface area contributed by atoms with E-state index >= 15 is 0 Å². The Bertz CT molecular complexity index is 560. The van der Waals surface area contributed by atoms with E-state index in [1.54, 1.807) is 26.0 Å². The zero-order valence-corrected chi connectivity index (χ0v) is 13.2. The number of carbonyl (C=O) groups is 3. The number of carboxylic acid groups (broad SMARTS) is 1. The van der Waals surface area contributed by atoms with Gasteiger partial charge in [0.25, 0.3) is 0 Å². The highest BCUT2D eigenvalue weighted by Gasteiger charge is 2.15. The molecule has 0 atom stereocenters. The molecule has 1 aromatic carbocycles. The van der Waals surface area contributed by atoms with Crippen LogP contribution < -0.4 is 16.0 Å². The maximum Gasteiger partial charge on any atom is 0.337 e. The molecule has 7 nitrogen and oxygen atoms in total. The highest BCUT2D eigenvalue weighted by molar-refractivity contribution is 9.10. The van der Waals surface area contributed by atoms with Crippen LogP contribution in [0.15, 0.2) is 22.7 Å². The van der Waals surface area contributed by atoms with Gasteiger partial charge in [0.1, 0.15) is 0 Å². The van der Waals surface area contributed by atoms with Crippen LogP contribution in [-0.4, -0.2) is 35.6 Å². The quantitative estimate of drug-likeness (QED) is 0.644. The minimum absolute atomic E-state index is 0.0238. The SMILES string of the molecule is CC(C)NC(=O)CNC(=O)Nc1c(Br)cccc1C(=O)O. The van der Waals surface area contributed by atoms with Crippen LogP contribution in [0.3, 0.4) is 0 Å². The molecule has 0 aliphatic heterocycles. The van der Waals surface area contributed by atoms with Crippen molar-refractivity contribution in [1.29, 1.82) is 0 Å². The van der Waals surface area contributed by atoms with Crippen LogP contribution in [0.5, 0.6) is 0 Å². The third kappa shape index (κ3) is 5.42. The first-order valence-electron chi connectivity index (χ1n) is 6.17. The third-order valence-electron chi connectivity index (χ3n) is 2.34. The molecular formula is C13H16BrN3O4. The number of halogens is 1. The molecule has 4 N–H and O–H groups in total. The maximum atomic E-state index is 11.7. The summed E-state index contributed by atoms with van der Waals surface area (Å²) in [4.78, 5) is 34.2. The van der Waals surface area contributed by atoms with Gasteiger partial charge in [-0.25, -0.2) is 9.59 Å². The Morgan fingerprint density at radius 2 is 1.95 bits per heavy atom. The first-order valence-corrected chi connectivity index (χ1v) is 6.96. The molecule has 0 unspecified atom stereocenters. The lowest BCUT2D eigenvalue weighted by atomic mass is 10.2. The largest absolute Gasteiger partial charge is 0.478 e. The van der Waals surface area contributed by atoms with E-state index in [0.29, 0.717) is 4.47 Å². The summed E-state index contributed by atoms with van der Waals surface area (Å²) in [7, 11) is 0. The average molecular weight is 358 g/mol. The van der Waals surface area contributed by atoms with Crippen molar-refractivity contribution >= 4 is 39.5 Å². The number of urea groups is 1. The Labute approximate surface area is 130 Å². The molecule has 0 spiro atoms. The van der Waals surface area contributed by atoms with Crippen molar-refractivity contribution < 1.29 is 19.5 Å². The van der Waals surface area contributed by atoms with E-state index in [4.69, 9.17) is 5.11 Å². The number of benzene rings is 1. The Morgan fingerprint density at radius 3 is 2.52 bits per heavy atom. The number of carboxylic acids is 1. The number of rotatable bonds is 5. The number of aromatic carboxylic acids is 1. The minimum atomic E-state index is -1.16. The lowest BCUT2D eigenvalue weighted by Crippen LogP contribution is -2.41. The summed E-state index contributed by atoms with van der Waals surface area (Å²) < 4.78 is 0.434. The Kier molecular flexibility index (Phi) is 6.16. The second-order valence-corrected chi connectivity index (χ2v) is 5.35. The Balaban J connectivity index is 2.67. The molecule has 114 valence electrons. The van der Waals surface area contributed by atoms with Crippen molar-refractivity contribution in [1.82, 2.24) is 10.6 Å². The number of hydrogen-bond donors (Lipinski definition) is 4. The van der Waals surface area contributed by atoms with Gasteiger partial charge in [0.15, 0.2) is 0 Å². The van der Waals surface area contributed by atoms with Crippen molar-refractivity contribution in [2.24, 2.45) is 0 Å². The van der Waals surface area contributed by atoms with Crippen molar-refractivity contribution in [2.45, 2.75) is 19.9 Å². The van der Waals surface area contributed by atoms with Crippen molar-refractivity contribution in [3.8, 4) is 0 Å². The number of carbonyl (C=O) groups excluding carboxylic acids is 2. The predicted molar refractivity (Wildman–Crippen MR) is 81.4 cm³/mol. The first-order chi connectivity index (χ1) is 9.81. The molecule has 0 saturated heterocycles. The number of hydrogen-bond acceptors (Lipinski definition) is 3. The molecule has 8 heteroatoms. The standard InChI is InChI=1S/C13H16BrN3O4/c1-7(2)16-10(18)6-15-13(21)17-11-8(12(19)20)4-3-5-9(11)14/h3-5,7H,6H2,1-2H3,(H,16,18)(H,19,20)(H2,15,17,21). The predicted octanol–water partition coefficient (Wildman–Crippen LogP) is 1.79. The van der Waals surface area contributed by atoms with E-state index in [2.05, 4.69) is 31.9 Å². The normalized spacial score (nSPS) is 10.1. The second-order valence-electron chi connectivity index (χ2n) is 4.50. The van der Waals surface area contributed by atoms with E-state index in [-0.39, 0.29) is 29.7 Å².